The third-order valence-corrected chi connectivity index (χ3v) is 5.55. The zero-order chi connectivity index (χ0) is 18.1. The van der Waals surface area contributed by atoms with Gasteiger partial charge in [0.1, 0.15) is 0 Å². The van der Waals surface area contributed by atoms with Gasteiger partial charge in [-0.2, -0.15) is 0 Å². The Kier molecular flexibility index (Phi) is 15.6. The van der Waals surface area contributed by atoms with Gasteiger partial charge in [-0.3, -0.25) is 4.79 Å². The maximum atomic E-state index is 12.3. The predicted octanol–water partition coefficient (Wildman–Crippen LogP) is 7.15. The first-order valence-electron chi connectivity index (χ1n) is 10.9. The van der Waals surface area contributed by atoms with Gasteiger partial charge in [0.05, 0.1) is 0 Å². The number of primary amides is 1. The van der Waals surface area contributed by atoms with Gasteiger partial charge in [-0.05, 0) is 19.3 Å². The van der Waals surface area contributed by atoms with Crippen molar-refractivity contribution < 1.29 is 4.79 Å². The lowest BCUT2D eigenvalue weighted by Crippen LogP contribution is -2.37. The minimum atomic E-state index is -0.216. The summed E-state index contributed by atoms with van der Waals surface area (Å²) in [6.07, 6.45) is 20.8. The van der Waals surface area contributed by atoms with Crippen molar-refractivity contribution in [1.82, 2.24) is 0 Å². The number of rotatable bonds is 18. The maximum Gasteiger partial charge on any atom is 0.223 e. The Balaban J connectivity index is 4.26. The van der Waals surface area contributed by atoms with Gasteiger partial charge >= 0.3 is 0 Å². The van der Waals surface area contributed by atoms with Crippen LogP contribution in [-0.4, -0.2) is 5.91 Å². The summed E-state index contributed by atoms with van der Waals surface area (Å²) >= 11 is 0. The number of nitrogens with two attached hydrogens (primary N) is 1. The molecule has 0 unspecified atom stereocenters. The zero-order valence-electron chi connectivity index (χ0n) is 17.0. The third-order valence-electron chi connectivity index (χ3n) is 5.55. The average Bonchev–Trinajstić information content (AvgIpc) is 2.57. The lowest BCUT2D eigenvalue weighted by atomic mass is 9.73. The van der Waals surface area contributed by atoms with E-state index in [-0.39, 0.29) is 11.3 Å². The van der Waals surface area contributed by atoms with Gasteiger partial charge in [0, 0.05) is 5.41 Å². The van der Waals surface area contributed by atoms with E-state index in [1.165, 1.54) is 77.0 Å². The second-order valence-electron chi connectivity index (χ2n) is 7.78. The molecule has 24 heavy (non-hydrogen) atoms. The molecule has 2 N–H and O–H groups in total. The SMILES string of the molecule is CCCCCCCCCCC(CCCCC)(CCCCC)C(N)=O. The number of carbonyl (C=O) groups is 1. The minimum absolute atomic E-state index is 0.0300. The Morgan fingerprint density at radius 2 is 0.875 bits per heavy atom. The van der Waals surface area contributed by atoms with E-state index >= 15 is 0 Å². The Hall–Kier alpha value is -0.530. The van der Waals surface area contributed by atoms with E-state index in [2.05, 4.69) is 20.8 Å². The van der Waals surface area contributed by atoms with Crippen LogP contribution in [0.25, 0.3) is 0 Å². The van der Waals surface area contributed by atoms with Crippen molar-refractivity contribution in [3.05, 3.63) is 0 Å². The van der Waals surface area contributed by atoms with E-state index < -0.39 is 0 Å². The van der Waals surface area contributed by atoms with Crippen LogP contribution >= 0.6 is 0 Å². The van der Waals surface area contributed by atoms with Gasteiger partial charge in [0.25, 0.3) is 0 Å². The molecule has 0 heterocycles. The highest BCUT2D eigenvalue weighted by Gasteiger charge is 2.34. The Bertz CT molecular complexity index is 278. The van der Waals surface area contributed by atoms with Gasteiger partial charge in [0.15, 0.2) is 0 Å². The molecular weight excluding hydrogens is 294 g/mol. The first-order valence-corrected chi connectivity index (χ1v) is 10.9. The molecule has 0 saturated heterocycles. The molecule has 0 aromatic rings. The standard InChI is InChI=1S/C22H45NO/c1-4-7-10-11-12-13-14-17-20-22(21(23)24,18-15-8-5-2)19-16-9-6-3/h4-20H2,1-3H3,(H2,23,24). The summed E-state index contributed by atoms with van der Waals surface area (Å²) in [5.74, 6) is -0.0300. The lowest BCUT2D eigenvalue weighted by molar-refractivity contribution is -0.129. The molecule has 0 saturated carbocycles. The fraction of sp³-hybridized carbons (Fsp3) is 0.955. The van der Waals surface area contributed by atoms with Crippen molar-refractivity contribution in [2.45, 2.75) is 130 Å². The molecule has 0 aliphatic heterocycles. The van der Waals surface area contributed by atoms with Crippen LogP contribution in [0.4, 0.5) is 0 Å². The second-order valence-corrected chi connectivity index (χ2v) is 7.78. The predicted molar refractivity (Wildman–Crippen MR) is 107 cm³/mol. The molecule has 0 spiro atoms. The van der Waals surface area contributed by atoms with Crippen LogP contribution in [0, 0.1) is 5.41 Å². The first-order chi connectivity index (χ1) is 11.6. The minimum Gasteiger partial charge on any atom is -0.369 e. The monoisotopic (exact) mass is 339 g/mol. The molecular formula is C22H45NO. The van der Waals surface area contributed by atoms with Crippen molar-refractivity contribution in [3.8, 4) is 0 Å². The third kappa shape index (κ3) is 11.1. The maximum absolute atomic E-state index is 12.3. The Labute approximate surface area is 152 Å². The largest absolute Gasteiger partial charge is 0.369 e. The van der Waals surface area contributed by atoms with E-state index in [1.807, 2.05) is 0 Å². The number of amides is 1. The van der Waals surface area contributed by atoms with Crippen LogP contribution in [0.5, 0.6) is 0 Å². The summed E-state index contributed by atoms with van der Waals surface area (Å²) in [4.78, 5) is 12.3. The van der Waals surface area contributed by atoms with Crippen molar-refractivity contribution >= 4 is 5.91 Å². The summed E-state index contributed by atoms with van der Waals surface area (Å²) in [6.45, 7) is 6.71. The molecule has 0 fully saturated rings. The smallest absolute Gasteiger partial charge is 0.223 e. The van der Waals surface area contributed by atoms with Crippen molar-refractivity contribution in [1.29, 1.82) is 0 Å². The molecule has 0 aliphatic carbocycles. The highest BCUT2D eigenvalue weighted by Crippen LogP contribution is 2.37. The molecule has 0 aromatic heterocycles. The van der Waals surface area contributed by atoms with Gasteiger partial charge in [-0.15, -0.1) is 0 Å². The normalized spacial score (nSPS) is 11.8. The highest BCUT2D eigenvalue weighted by atomic mass is 16.1. The molecule has 0 aliphatic rings. The Morgan fingerprint density at radius 3 is 1.25 bits per heavy atom. The number of carbonyl (C=O) groups excluding carboxylic acids is 1. The molecule has 0 aromatic carbocycles. The van der Waals surface area contributed by atoms with Crippen LogP contribution in [0.2, 0.25) is 0 Å². The zero-order valence-corrected chi connectivity index (χ0v) is 17.0. The molecule has 2 heteroatoms. The summed E-state index contributed by atoms with van der Waals surface area (Å²) < 4.78 is 0. The molecule has 0 radical (unpaired) electrons. The number of hydrogen-bond acceptors (Lipinski definition) is 1. The molecule has 1 amide bonds. The van der Waals surface area contributed by atoms with Gasteiger partial charge < -0.3 is 5.73 Å². The molecule has 144 valence electrons. The lowest BCUT2D eigenvalue weighted by Gasteiger charge is -2.31. The summed E-state index contributed by atoms with van der Waals surface area (Å²) in [5, 5.41) is 0. The van der Waals surface area contributed by atoms with Crippen LogP contribution in [-0.2, 0) is 4.79 Å². The highest BCUT2D eigenvalue weighted by molar-refractivity contribution is 5.80. The number of unbranched alkanes of at least 4 members (excludes halogenated alkanes) is 11. The topological polar surface area (TPSA) is 43.1 Å². The van der Waals surface area contributed by atoms with Crippen molar-refractivity contribution in [2.24, 2.45) is 11.1 Å². The van der Waals surface area contributed by atoms with Gasteiger partial charge in [0.2, 0.25) is 5.91 Å². The molecule has 0 bridgehead atoms. The van der Waals surface area contributed by atoms with Gasteiger partial charge in [-0.1, -0.05) is 111 Å². The summed E-state index contributed by atoms with van der Waals surface area (Å²) in [5.41, 5.74) is 5.68. The first kappa shape index (κ1) is 23.5. The fourth-order valence-corrected chi connectivity index (χ4v) is 3.77. The Morgan fingerprint density at radius 1 is 0.583 bits per heavy atom. The molecule has 0 atom stereocenters. The summed E-state index contributed by atoms with van der Waals surface area (Å²) in [7, 11) is 0. The van der Waals surface area contributed by atoms with E-state index in [9.17, 15) is 4.79 Å². The average molecular weight is 340 g/mol. The van der Waals surface area contributed by atoms with Crippen LogP contribution in [0.1, 0.15) is 130 Å². The van der Waals surface area contributed by atoms with E-state index in [0.29, 0.717) is 0 Å². The molecule has 2 nitrogen and oxygen atoms in total. The van der Waals surface area contributed by atoms with Crippen LogP contribution in [0.3, 0.4) is 0 Å². The van der Waals surface area contributed by atoms with Crippen molar-refractivity contribution in [2.75, 3.05) is 0 Å². The van der Waals surface area contributed by atoms with Gasteiger partial charge in [-0.25, -0.2) is 0 Å². The van der Waals surface area contributed by atoms with Crippen LogP contribution in [0.15, 0.2) is 0 Å². The molecule has 0 rings (SSSR count). The quantitative estimate of drug-likeness (QED) is 0.265. The summed E-state index contributed by atoms with van der Waals surface area (Å²) in [6, 6.07) is 0. The van der Waals surface area contributed by atoms with Crippen molar-refractivity contribution in [3.63, 3.8) is 0 Å². The van der Waals surface area contributed by atoms with E-state index in [0.717, 1.165) is 32.1 Å². The second kappa shape index (κ2) is 16.0. The fourth-order valence-electron chi connectivity index (χ4n) is 3.77. The van der Waals surface area contributed by atoms with Crippen LogP contribution < -0.4 is 5.73 Å². The van der Waals surface area contributed by atoms with E-state index in [4.69, 9.17) is 5.73 Å². The van der Waals surface area contributed by atoms with E-state index in [1.54, 1.807) is 0 Å². The number of hydrogen-bond donors (Lipinski definition) is 1.